The maximum atomic E-state index is 11.5. The van der Waals surface area contributed by atoms with Crippen LogP contribution in [0.5, 0.6) is 0 Å². The van der Waals surface area contributed by atoms with Crippen LogP contribution >= 0.6 is 0 Å². The molecule has 2 heterocycles. The summed E-state index contributed by atoms with van der Waals surface area (Å²) in [5.41, 5.74) is 0.672. The summed E-state index contributed by atoms with van der Waals surface area (Å²) >= 11 is 0. The van der Waals surface area contributed by atoms with Crippen molar-refractivity contribution in [3.63, 3.8) is 0 Å². The van der Waals surface area contributed by atoms with Gasteiger partial charge >= 0.3 is 5.97 Å². The van der Waals surface area contributed by atoms with Crippen LogP contribution in [-0.4, -0.2) is 57.9 Å². The lowest BCUT2D eigenvalue weighted by Crippen LogP contribution is -2.50. The first-order chi connectivity index (χ1) is 9.09. The molecule has 1 aliphatic rings. The van der Waals surface area contributed by atoms with E-state index >= 15 is 0 Å². The number of hydrogen-bond donors (Lipinski definition) is 1. The second-order valence-corrected chi connectivity index (χ2v) is 4.57. The molecule has 0 spiro atoms. The second-order valence-electron chi connectivity index (χ2n) is 4.57. The molecule has 2 rings (SSSR count). The van der Waals surface area contributed by atoms with Crippen molar-refractivity contribution in [1.29, 1.82) is 0 Å². The van der Waals surface area contributed by atoms with E-state index < -0.39 is 12.0 Å². The van der Waals surface area contributed by atoms with Crippen molar-refractivity contribution >= 4 is 11.9 Å². The van der Waals surface area contributed by atoms with Gasteiger partial charge in [0.1, 0.15) is 6.04 Å². The number of hydrogen-bond acceptors (Lipinski definition) is 4. The number of amides is 1. The first-order valence-corrected chi connectivity index (χ1v) is 6.22. The van der Waals surface area contributed by atoms with Crippen molar-refractivity contribution < 1.29 is 14.7 Å². The zero-order chi connectivity index (χ0) is 13.8. The highest BCUT2D eigenvalue weighted by molar-refractivity contribution is 5.76. The van der Waals surface area contributed by atoms with E-state index in [-0.39, 0.29) is 5.91 Å². The largest absolute Gasteiger partial charge is 0.480 e. The summed E-state index contributed by atoms with van der Waals surface area (Å²) in [6.07, 6.45) is 3.20. The van der Waals surface area contributed by atoms with Gasteiger partial charge in [-0.1, -0.05) is 6.07 Å². The molecule has 102 valence electrons. The summed E-state index contributed by atoms with van der Waals surface area (Å²) < 4.78 is 0. The van der Waals surface area contributed by atoms with Crippen molar-refractivity contribution in [3.05, 3.63) is 30.1 Å². The van der Waals surface area contributed by atoms with E-state index in [1.54, 1.807) is 29.4 Å². The molecular formula is C13H17N3O3. The minimum atomic E-state index is -0.885. The van der Waals surface area contributed by atoms with E-state index in [9.17, 15) is 14.7 Å². The van der Waals surface area contributed by atoms with Gasteiger partial charge in [-0.15, -0.1) is 0 Å². The summed E-state index contributed by atoms with van der Waals surface area (Å²) in [6, 6.07) is 2.81. The quantitative estimate of drug-likeness (QED) is 0.853. The zero-order valence-corrected chi connectivity index (χ0v) is 10.8. The van der Waals surface area contributed by atoms with Crippen molar-refractivity contribution in [3.8, 4) is 0 Å². The molecule has 1 aliphatic heterocycles. The lowest BCUT2D eigenvalue weighted by Gasteiger charge is -2.37. The van der Waals surface area contributed by atoms with Crippen molar-refractivity contribution in [2.75, 3.05) is 26.2 Å². The summed E-state index contributed by atoms with van der Waals surface area (Å²) in [5, 5.41) is 9.40. The molecule has 0 saturated carbocycles. The molecule has 1 fully saturated rings. The van der Waals surface area contributed by atoms with Gasteiger partial charge in [-0.05, 0) is 11.6 Å². The molecule has 6 heteroatoms. The third-order valence-corrected chi connectivity index (χ3v) is 3.36. The van der Waals surface area contributed by atoms with Crippen molar-refractivity contribution in [2.45, 2.75) is 13.0 Å². The number of carbonyl (C=O) groups is 2. The Kier molecular flexibility index (Phi) is 4.11. The number of carboxylic acids is 1. The highest BCUT2D eigenvalue weighted by atomic mass is 16.4. The predicted molar refractivity (Wildman–Crippen MR) is 68.4 cm³/mol. The van der Waals surface area contributed by atoms with Crippen LogP contribution in [0.25, 0.3) is 0 Å². The Labute approximate surface area is 111 Å². The zero-order valence-electron chi connectivity index (χ0n) is 10.8. The highest BCUT2D eigenvalue weighted by Gasteiger charge is 2.30. The SMILES string of the molecule is CC(=O)N1CCN(C(C(=O)O)c2cccnc2)CC1. The molecular weight excluding hydrogens is 246 g/mol. The second kappa shape index (κ2) is 5.79. The summed E-state index contributed by atoms with van der Waals surface area (Å²) in [6.45, 7) is 3.79. The molecule has 0 radical (unpaired) electrons. The van der Waals surface area contributed by atoms with Gasteiger partial charge in [-0.2, -0.15) is 0 Å². The van der Waals surface area contributed by atoms with Crippen LogP contribution in [0.2, 0.25) is 0 Å². The molecule has 0 aliphatic carbocycles. The standard InChI is InChI=1S/C13H17N3O3/c1-10(17)15-5-7-16(8-6-15)12(13(18)19)11-3-2-4-14-9-11/h2-4,9,12H,5-8H2,1H3,(H,18,19). The third-order valence-electron chi connectivity index (χ3n) is 3.36. The molecule has 1 saturated heterocycles. The first kappa shape index (κ1) is 13.5. The Balaban J connectivity index is 2.10. The molecule has 1 atom stereocenters. The maximum absolute atomic E-state index is 11.5. The number of carboxylic acid groups (broad SMARTS) is 1. The smallest absolute Gasteiger partial charge is 0.325 e. The Morgan fingerprint density at radius 3 is 2.47 bits per heavy atom. The molecule has 1 unspecified atom stereocenters. The number of carbonyl (C=O) groups excluding carboxylic acids is 1. The Morgan fingerprint density at radius 2 is 2.00 bits per heavy atom. The van der Waals surface area contributed by atoms with Gasteiger partial charge in [0.25, 0.3) is 0 Å². The van der Waals surface area contributed by atoms with Crippen LogP contribution in [0.1, 0.15) is 18.5 Å². The van der Waals surface area contributed by atoms with Crippen molar-refractivity contribution in [2.24, 2.45) is 0 Å². The van der Waals surface area contributed by atoms with Gasteiger partial charge in [0.05, 0.1) is 0 Å². The van der Waals surface area contributed by atoms with Crippen LogP contribution < -0.4 is 0 Å². The van der Waals surface area contributed by atoms with E-state index in [4.69, 9.17) is 0 Å². The molecule has 0 aromatic carbocycles. The van der Waals surface area contributed by atoms with E-state index in [2.05, 4.69) is 4.98 Å². The monoisotopic (exact) mass is 263 g/mol. The van der Waals surface area contributed by atoms with E-state index in [0.29, 0.717) is 31.7 Å². The predicted octanol–water partition coefficient (Wildman–Crippen LogP) is 0.371. The number of piperazine rings is 1. The first-order valence-electron chi connectivity index (χ1n) is 6.22. The number of nitrogens with zero attached hydrogens (tertiary/aromatic N) is 3. The fourth-order valence-electron chi connectivity index (χ4n) is 2.34. The minimum absolute atomic E-state index is 0.0351. The Bertz CT molecular complexity index is 455. The lowest BCUT2D eigenvalue weighted by molar-refractivity contribution is -0.145. The van der Waals surface area contributed by atoms with Gasteiger partial charge in [-0.3, -0.25) is 19.5 Å². The van der Waals surface area contributed by atoms with Crippen LogP contribution in [0.4, 0.5) is 0 Å². The maximum Gasteiger partial charge on any atom is 0.325 e. The van der Waals surface area contributed by atoms with Crippen LogP contribution in [0.3, 0.4) is 0 Å². The fraction of sp³-hybridized carbons (Fsp3) is 0.462. The van der Waals surface area contributed by atoms with Crippen LogP contribution in [-0.2, 0) is 9.59 Å². The Hall–Kier alpha value is -1.95. The molecule has 19 heavy (non-hydrogen) atoms. The fourth-order valence-corrected chi connectivity index (χ4v) is 2.34. The summed E-state index contributed by atoms with van der Waals surface area (Å²) in [4.78, 5) is 30.3. The van der Waals surface area contributed by atoms with Crippen molar-refractivity contribution in [1.82, 2.24) is 14.8 Å². The molecule has 1 amide bonds. The van der Waals surface area contributed by atoms with Crippen LogP contribution in [0, 0.1) is 0 Å². The van der Waals surface area contributed by atoms with E-state index in [1.165, 1.54) is 6.92 Å². The molecule has 6 nitrogen and oxygen atoms in total. The topological polar surface area (TPSA) is 73.7 Å². The van der Waals surface area contributed by atoms with Gasteiger partial charge < -0.3 is 10.0 Å². The van der Waals surface area contributed by atoms with Gasteiger partial charge in [0, 0.05) is 45.5 Å². The number of aromatic nitrogens is 1. The molecule has 1 N–H and O–H groups in total. The van der Waals surface area contributed by atoms with Gasteiger partial charge in [0.2, 0.25) is 5.91 Å². The number of pyridine rings is 1. The normalized spacial score (nSPS) is 18.1. The minimum Gasteiger partial charge on any atom is -0.480 e. The molecule has 0 bridgehead atoms. The highest BCUT2D eigenvalue weighted by Crippen LogP contribution is 2.21. The third kappa shape index (κ3) is 3.08. The van der Waals surface area contributed by atoms with Gasteiger partial charge in [0.15, 0.2) is 0 Å². The van der Waals surface area contributed by atoms with E-state index in [0.717, 1.165) is 0 Å². The molecule has 1 aromatic heterocycles. The Morgan fingerprint density at radius 1 is 1.32 bits per heavy atom. The summed E-state index contributed by atoms with van der Waals surface area (Å²) in [7, 11) is 0. The average molecular weight is 263 g/mol. The number of aliphatic carboxylic acids is 1. The lowest BCUT2D eigenvalue weighted by atomic mass is 10.1. The van der Waals surface area contributed by atoms with Gasteiger partial charge in [-0.25, -0.2) is 0 Å². The average Bonchev–Trinajstić information content (AvgIpc) is 2.40. The molecule has 1 aromatic rings. The van der Waals surface area contributed by atoms with E-state index in [1.807, 2.05) is 4.90 Å². The van der Waals surface area contributed by atoms with Crippen LogP contribution in [0.15, 0.2) is 24.5 Å². The number of rotatable bonds is 3. The summed E-state index contributed by atoms with van der Waals surface area (Å²) in [5.74, 6) is -0.850.